The molecule has 0 fully saturated rings. The first-order chi connectivity index (χ1) is 12.3. The Morgan fingerprint density at radius 3 is 2.54 bits per heavy atom. The number of benzene rings is 1. The summed E-state index contributed by atoms with van der Waals surface area (Å²) in [6, 6.07) is 4.51. The number of carbonyl (C=O) groups excluding carboxylic acids is 1. The maximum absolute atomic E-state index is 12.7. The van der Waals surface area contributed by atoms with E-state index in [2.05, 4.69) is 15.3 Å². The van der Waals surface area contributed by atoms with Crippen molar-refractivity contribution in [2.24, 2.45) is 0 Å². The van der Waals surface area contributed by atoms with Crippen molar-refractivity contribution in [1.82, 2.24) is 9.97 Å². The van der Waals surface area contributed by atoms with Gasteiger partial charge in [-0.05, 0) is 24.1 Å². The smallest absolute Gasteiger partial charge is 0.310 e. The van der Waals surface area contributed by atoms with Gasteiger partial charge in [0.05, 0.1) is 11.1 Å². The number of H-pyrrole nitrogens is 1. The highest BCUT2D eigenvalue weighted by Crippen LogP contribution is 2.36. The first-order valence-corrected chi connectivity index (χ1v) is 9.02. The molecule has 2 N–H and O–H groups in total. The van der Waals surface area contributed by atoms with E-state index in [1.165, 1.54) is 23.9 Å². The summed E-state index contributed by atoms with van der Waals surface area (Å²) < 4.78 is 38.2. The first kappa shape index (κ1) is 18.5. The summed E-state index contributed by atoms with van der Waals surface area (Å²) in [5.74, 6) is -0.0270. The third-order valence-corrected chi connectivity index (χ3v) is 5.09. The zero-order chi connectivity index (χ0) is 18.9. The van der Waals surface area contributed by atoms with Crippen molar-refractivity contribution in [3.63, 3.8) is 0 Å². The molecule has 0 saturated carbocycles. The van der Waals surface area contributed by atoms with Gasteiger partial charge >= 0.3 is 6.18 Å². The van der Waals surface area contributed by atoms with E-state index in [9.17, 15) is 22.8 Å². The van der Waals surface area contributed by atoms with Crippen LogP contribution in [0.15, 0.2) is 34.2 Å². The van der Waals surface area contributed by atoms with Gasteiger partial charge in [-0.1, -0.05) is 30.8 Å². The van der Waals surface area contributed by atoms with Gasteiger partial charge in [0.1, 0.15) is 5.82 Å². The molecule has 138 valence electrons. The summed E-state index contributed by atoms with van der Waals surface area (Å²) in [7, 11) is 0. The number of aromatic nitrogens is 2. The largest absolute Gasteiger partial charge is 0.416 e. The van der Waals surface area contributed by atoms with Crippen LogP contribution in [0.2, 0.25) is 0 Å². The SMILES string of the molecule is CCCSc1nc2c(c(=O)[nH]1)C(c1ccc(C(F)(F)F)cc1)CC(=O)N2. The maximum atomic E-state index is 12.7. The van der Waals surface area contributed by atoms with Crippen LogP contribution in [0.3, 0.4) is 0 Å². The number of hydrogen-bond donors (Lipinski definition) is 2. The molecule has 1 atom stereocenters. The molecule has 26 heavy (non-hydrogen) atoms. The molecular formula is C17H16F3N3O2S. The van der Waals surface area contributed by atoms with Crippen molar-refractivity contribution >= 4 is 23.5 Å². The number of nitrogens with zero attached hydrogens (tertiary/aromatic N) is 1. The first-order valence-electron chi connectivity index (χ1n) is 8.03. The number of alkyl halides is 3. The number of amides is 1. The number of carbonyl (C=O) groups is 1. The van der Waals surface area contributed by atoms with E-state index >= 15 is 0 Å². The lowest BCUT2D eigenvalue weighted by Crippen LogP contribution is -2.31. The number of halogens is 3. The van der Waals surface area contributed by atoms with Gasteiger partial charge in [-0.15, -0.1) is 0 Å². The maximum Gasteiger partial charge on any atom is 0.416 e. The summed E-state index contributed by atoms with van der Waals surface area (Å²) in [6.07, 6.45) is -3.57. The average Bonchev–Trinajstić information content (AvgIpc) is 2.58. The summed E-state index contributed by atoms with van der Waals surface area (Å²) in [4.78, 5) is 31.5. The predicted octanol–water partition coefficient (Wildman–Crippen LogP) is 3.76. The molecule has 1 unspecified atom stereocenters. The highest BCUT2D eigenvalue weighted by molar-refractivity contribution is 7.99. The van der Waals surface area contributed by atoms with E-state index in [-0.39, 0.29) is 23.7 Å². The Labute approximate surface area is 151 Å². The molecule has 0 aliphatic carbocycles. The van der Waals surface area contributed by atoms with Crippen LogP contribution in [0.25, 0.3) is 0 Å². The standard InChI is InChI=1S/C17H16F3N3O2S/c1-2-7-26-16-22-14-13(15(25)23-16)11(8-12(24)21-14)9-3-5-10(6-4-9)17(18,19)20/h3-6,11H,2,7-8H2,1H3,(H2,21,22,23,24,25). The predicted molar refractivity (Wildman–Crippen MR) is 92.4 cm³/mol. The second kappa shape index (κ2) is 7.14. The van der Waals surface area contributed by atoms with Gasteiger partial charge in [-0.25, -0.2) is 4.98 Å². The zero-order valence-corrected chi connectivity index (χ0v) is 14.6. The second-order valence-electron chi connectivity index (χ2n) is 5.91. The van der Waals surface area contributed by atoms with Crippen molar-refractivity contribution in [2.45, 2.75) is 37.0 Å². The molecule has 0 radical (unpaired) electrons. The Hall–Kier alpha value is -2.29. The van der Waals surface area contributed by atoms with Crippen LogP contribution in [0.1, 0.15) is 42.4 Å². The van der Waals surface area contributed by atoms with Crippen LogP contribution >= 0.6 is 11.8 Å². The fourth-order valence-electron chi connectivity index (χ4n) is 2.81. The Morgan fingerprint density at radius 1 is 1.23 bits per heavy atom. The Morgan fingerprint density at radius 2 is 1.92 bits per heavy atom. The number of thioether (sulfide) groups is 1. The summed E-state index contributed by atoms with van der Waals surface area (Å²) in [6.45, 7) is 1.99. The minimum atomic E-state index is -4.44. The van der Waals surface area contributed by atoms with E-state index in [4.69, 9.17) is 0 Å². The number of aromatic amines is 1. The molecule has 1 aromatic carbocycles. The molecule has 0 saturated heterocycles. The Kier molecular flexibility index (Phi) is 5.08. The third-order valence-electron chi connectivity index (χ3n) is 4.01. The van der Waals surface area contributed by atoms with Crippen molar-refractivity contribution in [2.75, 3.05) is 11.1 Å². The van der Waals surface area contributed by atoms with E-state index in [1.54, 1.807) is 0 Å². The molecule has 2 aromatic rings. The fourth-order valence-corrected chi connectivity index (χ4v) is 3.53. The van der Waals surface area contributed by atoms with Crippen LogP contribution in [-0.4, -0.2) is 21.6 Å². The zero-order valence-electron chi connectivity index (χ0n) is 13.8. The van der Waals surface area contributed by atoms with Gasteiger partial charge in [0.25, 0.3) is 5.56 Å². The molecule has 0 spiro atoms. The summed E-state index contributed by atoms with van der Waals surface area (Å²) >= 11 is 1.37. The van der Waals surface area contributed by atoms with Crippen molar-refractivity contribution < 1.29 is 18.0 Å². The number of fused-ring (bicyclic) bond motifs is 1. The quantitative estimate of drug-likeness (QED) is 0.623. The minimum absolute atomic E-state index is 0.0232. The molecule has 3 rings (SSSR count). The molecule has 1 aliphatic rings. The van der Waals surface area contributed by atoms with Gasteiger partial charge in [-0.2, -0.15) is 13.2 Å². The van der Waals surface area contributed by atoms with Crippen molar-refractivity contribution in [1.29, 1.82) is 0 Å². The molecule has 1 aromatic heterocycles. The van der Waals surface area contributed by atoms with Gasteiger partial charge in [0.15, 0.2) is 5.16 Å². The lowest BCUT2D eigenvalue weighted by Gasteiger charge is -2.24. The Balaban J connectivity index is 2.01. The van der Waals surface area contributed by atoms with Gasteiger partial charge in [-0.3, -0.25) is 9.59 Å². The van der Waals surface area contributed by atoms with Gasteiger partial charge < -0.3 is 10.3 Å². The molecule has 2 heterocycles. The summed E-state index contributed by atoms with van der Waals surface area (Å²) in [5, 5.41) is 3.00. The minimum Gasteiger partial charge on any atom is -0.310 e. The fraction of sp³-hybridized carbons (Fsp3) is 0.353. The van der Waals surface area contributed by atoms with Crippen LogP contribution in [0.4, 0.5) is 19.0 Å². The molecule has 1 aliphatic heterocycles. The molecular weight excluding hydrogens is 367 g/mol. The van der Waals surface area contributed by atoms with E-state index < -0.39 is 23.2 Å². The number of rotatable bonds is 4. The van der Waals surface area contributed by atoms with Gasteiger partial charge in [0, 0.05) is 18.1 Å². The number of anilines is 1. The summed E-state index contributed by atoms with van der Waals surface area (Å²) in [5.41, 5.74) is -0.431. The van der Waals surface area contributed by atoms with Crippen LogP contribution < -0.4 is 10.9 Å². The lowest BCUT2D eigenvalue weighted by atomic mass is 9.86. The van der Waals surface area contributed by atoms with Crippen molar-refractivity contribution in [3.05, 3.63) is 51.3 Å². The van der Waals surface area contributed by atoms with Crippen LogP contribution in [0, 0.1) is 0 Å². The monoisotopic (exact) mass is 383 g/mol. The number of hydrogen-bond acceptors (Lipinski definition) is 4. The number of nitrogens with one attached hydrogen (secondary N) is 2. The van der Waals surface area contributed by atoms with E-state index in [0.29, 0.717) is 10.7 Å². The highest BCUT2D eigenvalue weighted by Gasteiger charge is 2.33. The van der Waals surface area contributed by atoms with Crippen molar-refractivity contribution in [3.8, 4) is 0 Å². The lowest BCUT2D eigenvalue weighted by molar-refractivity contribution is -0.137. The van der Waals surface area contributed by atoms with Crippen LogP contribution in [0.5, 0.6) is 0 Å². The van der Waals surface area contributed by atoms with Crippen LogP contribution in [-0.2, 0) is 11.0 Å². The Bertz CT molecular complexity index is 878. The molecule has 1 amide bonds. The van der Waals surface area contributed by atoms with Gasteiger partial charge in [0.2, 0.25) is 5.91 Å². The van der Waals surface area contributed by atoms with E-state index in [0.717, 1.165) is 24.3 Å². The highest BCUT2D eigenvalue weighted by atomic mass is 32.2. The normalized spacial score (nSPS) is 16.9. The molecule has 5 nitrogen and oxygen atoms in total. The second-order valence-corrected chi connectivity index (χ2v) is 6.99. The molecule has 0 bridgehead atoms. The van der Waals surface area contributed by atoms with E-state index in [1.807, 2.05) is 6.92 Å². The molecule has 9 heteroatoms. The third kappa shape index (κ3) is 3.77. The average molecular weight is 383 g/mol. The topological polar surface area (TPSA) is 74.8 Å².